The summed E-state index contributed by atoms with van der Waals surface area (Å²) in [6.07, 6.45) is -4.41. The fourth-order valence-electron chi connectivity index (χ4n) is 2.34. The molecular formula is C13H21ClF3N5O3. The molecule has 1 aliphatic rings. The van der Waals surface area contributed by atoms with Crippen molar-refractivity contribution in [2.45, 2.75) is 25.7 Å². The second kappa shape index (κ2) is 9.90. The van der Waals surface area contributed by atoms with Crippen LogP contribution < -0.4 is 10.6 Å². The zero-order valence-corrected chi connectivity index (χ0v) is 14.5. The molecular weight excluding hydrogens is 367 g/mol. The van der Waals surface area contributed by atoms with E-state index < -0.39 is 24.7 Å². The smallest absolute Gasteiger partial charge is 0.362 e. The van der Waals surface area contributed by atoms with Crippen LogP contribution in [0.25, 0.3) is 0 Å². The number of ether oxygens (including phenoxy) is 1. The van der Waals surface area contributed by atoms with Crippen molar-refractivity contribution in [2.24, 2.45) is 0 Å². The molecule has 0 aromatic carbocycles. The van der Waals surface area contributed by atoms with E-state index in [2.05, 4.69) is 20.8 Å². The van der Waals surface area contributed by atoms with Crippen molar-refractivity contribution in [1.82, 2.24) is 25.7 Å². The fraction of sp³-hybridized carbons (Fsp3) is 0.769. The number of hydrogen-bond donors (Lipinski definition) is 2. The topological polar surface area (TPSA) is 92.5 Å². The number of halogens is 4. The molecule has 1 fully saturated rings. The molecule has 2 N–H and O–H groups in total. The van der Waals surface area contributed by atoms with Gasteiger partial charge in [-0.15, -0.1) is 12.4 Å². The van der Waals surface area contributed by atoms with Crippen LogP contribution >= 0.6 is 12.4 Å². The number of rotatable bonds is 7. The summed E-state index contributed by atoms with van der Waals surface area (Å²) in [7, 11) is 0. The van der Waals surface area contributed by atoms with Crippen LogP contribution in [-0.4, -0.2) is 72.5 Å². The Hall–Kier alpha value is -1.43. The van der Waals surface area contributed by atoms with E-state index >= 15 is 0 Å². The van der Waals surface area contributed by atoms with Gasteiger partial charge in [0.25, 0.3) is 5.89 Å². The molecule has 1 unspecified atom stereocenters. The second-order valence-electron chi connectivity index (χ2n) is 5.38. The lowest BCUT2D eigenvalue weighted by molar-refractivity contribution is -0.184. The Kier molecular flexibility index (Phi) is 8.56. The van der Waals surface area contributed by atoms with Gasteiger partial charge in [0.15, 0.2) is 5.82 Å². The van der Waals surface area contributed by atoms with E-state index in [4.69, 9.17) is 9.26 Å². The Bertz CT molecular complexity index is 537. The second-order valence-corrected chi connectivity index (χ2v) is 5.38. The summed E-state index contributed by atoms with van der Waals surface area (Å²) in [5.74, 6) is 0.00648. The van der Waals surface area contributed by atoms with Crippen molar-refractivity contribution < 1.29 is 27.2 Å². The highest BCUT2D eigenvalue weighted by Gasteiger charge is 2.43. The van der Waals surface area contributed by atoms with E-state index in [0.29, 0.717) is 18.9 Å². The van der Waals surface area contributed by atoms with Gasteiger partial charge in [-0.3, -0.25) is 9.69 Å². The number of hydrogen-bond acceptors (Lipinski definition) is 7. The molecule has 0 saturated carbocycles. The molecule has 2 heterocycles. The molecule has 0 radical (unpaired) electrons. The zero-order chi connectivity index (χ0) is 17.6. The largest absolute Gasteiger partial charge is 0.405 e. The maximum atomic E-state index is 13.2. The standard InChI is InChI=1S/C13H20F3N5O3.ClH/c1-9-19-12(24-20-9)8-23-7-11(22)18-6-10(13(14,15)16)21-4-2-17-3-5-21;/h10,17H,2-8H2,1H3,(H,18,22);1H. The highest BCUT2D eigenvalue weighted by molar-refractivity contribution is 5.85. The first-order chi connectivity index (χ1) is 11.4. The molecule has 8 nitrogen and oxygen atoms in total. The summed E-state index contributed by atoms with van der Waals surface area (Å²) >= 11 is 0. The molecule has 1 amide bonds. The van der Waals surface area contributed by atoms with Gasteiger partial charge in [-0.05, 0) is 6.92 Å². The van der Waals surface area contributed by atoms with Gasteiger partial charge >= 0.3 is 6.18 Å². The van der Waals surface area contributed by atoms with Crippen molar-refractivity contribution in [3.8, 4) is 0 Å². The minimum absolute atomic E-state index is 0. The summed E-state index contributed by atoms with van der Waals surface area (Å²) in [5.41, 5.74) is 0. The molecule has 0 bridgehead atoms. The van der Waals surface area contributed by atoms with E-state index in [1.54, 1.807) is 6.92 Å². The third-order valence-corrected chi connectivity index (χ3v) is 3.49. The number of amides is 1. The highest BCUT2D eigenvalue weighted by atomic mass is 35.5. The molecule has 1 aliphatic heterocycles. The van der Waals surface area contributed by atoms with Crippen molar-refractivity contribution in [2.75, 3.05) is 39.3 Å². The van der Waals surface area contributed by atoms with Crippen molar-refractivity contribution >= 4 is 18.3 Å². The maximum Gasteiger partial charge on any atom is 0.405 e. The van der Waals surface area contributed by atoms with Crippen LogP contribution in [0, 0.1) is 6.92 Å². The maximum absolute atomic E-state index is 13.2. The molecule has 1 aromatic rings. The first-order valence-electron chi connectivity index (χ1n) is 7.51. The third kappa shape index (κ3) is 7.14. The summed E-state index contributed by atoms with van der Waals surface area (Å²) in [6.45, 7) is 2.22. The Labute approximate surface area is 148 Å². The number of nitrogens with zero attached hydrogens (tertiary/aromatic N) is 3. The molecule has 0 spiro atoms. The Morgan fingerprint density at radius 2 is 2.12 bits per heavy atom. The Morgan fingerprint density at radius 3 is 2.68 bits per heavy atom. The van der Waals surface area contributed by atoms with E-state index in [9.17, 15) is 18.0 Å². The lowest BCUT2D eigenvalue weighted by atomic mass is 10.2. The number of aryl methyl sites for hydroxylation is 1. The molecule has 1 atom stereocenters. The average Bonchev–Trinajstić information content (AvgIpc) is 2.93. The highest BCUT2D eigenvalue weighted by Crippen LogP contribution is 2.24. The van der Waals surface area contributed by atoms with E-state index in [1.165, 1.54) is 4.90 Å². The van der Waals surface area contributed by atoms with Gasteiger partial charge in [0.1, 0.15) is 19.3 Å². The van der Waals surface area contributed by atoms with Gasteiger partial charge in [-0.1, -0.05) is 5.16 Å². The quantitative estimate of drug-likeness (QED) is 0.693. The monoisotopic (exact) mass is 387 g/mol. The normalized spacial score (nSPS) is 17.0. The van der Waals surface area contributed by atoms with E-state index in [0.717, 1.165) is 0 Å². The number of aromatic nitrogens is 2. The van der Waals surface area contributed by atoms with Crippen LogP contribution in [0.3, 0.4) is 0 Å². The number of alkyl halides is 3. The van der Waals surface area contributed by atoms with Crippen LogP contribution in [0.4, 0.5) is 13.2 Å². The van der Waals surface area contributed by atoms with Gasteiger partial charge in [-0.2, -0.15) is 18.2 Å². The molecule has 144 valence electrons. The minimum Gasteiger partial charge on any atom is -0.362 e. The van der Waals surface area contributed by atoms with E-state index in [1.807, 2.05) is 0 Å². The van der Waals surface area contributed by atoms with Crippen molar-refractivity contribution in [3.63, 3.8) is 0 Å². The fourth-order valence-corrected chi connectivity index (χ4v) is 2.34. The van der Waals surface area contributed by atoms with Crippen LogP contribution in [-0.2, 0) is 16.1 Å². The lowest BCUT2D eigenvalue weighted by Crippen LogP contribution is -2.57. The predicted octanol–water partition coefficient (Wildman–Crippen LogP) is 0.269. The number of carbonyl (C=O) groups is 1. The minimum atomic E-state index is -4.41. The Balaban J connectivity index is 0.00000312. The number of nitrogens with one attached hydrogen (secondary N) is 2. The molecule has 2 rings (SSSR count). The molecule has 25 heavy (non-hydrogen) atoms. The lowest BCUT2D eigenvalue weighted by Gasteiger charge is -2.35. The number of piperazine rings is 1. The van der Waals surface area contributed by atoms with Crippen molar-refractivity contribution in [3.05, 3.63) is 11.7 Å². The Morgan fingerprint density at radius 1 is 1.44 bits per heavy atom. The summed E-state index contributed by atoms with van der Waals surface area (Å²) < 4.78 is 49.3. The molecule has 0 aliphatic carbocycles. The van der Waals surface area contributed by atoms with Crippen LogP contribution in [0.15, 0.2) is 4.52 Å². The summed E-state index contributed by atoms with van der Waals surface area (Å²) in [4.78, 5) is 16.8. The van der Waals surface area contributed by atoms with Crippen LogP contribution in [0.1, 0.15) is 11.7 Å². The molecule has 1 saturated heterocycles. The molecule has 12 heteroatoms. The summed E-state index contributed by atoms with van der Waals surface area (Å²) in [6, 6.07) is -1.71. The first kappa shape index (κ1) is 21.6. The van der Waals surface area contributed by atoms with Crippen molar-refractivity contribution in [1.29, 1.82) is 0 Å². The van der Waals surface area contributed by atoms with Crippen LogP contribution in [0.2, 0.25) is 0 Å². The average molecular weight is 388 g/mol. The van der Waals surface area contributed by atoms with Gasteiger partial charge in [0.05, 0.1) is 0 Å². The first-order valence-corrected chi connectivity index (χ1v) is 7.51. The van der Waals surface area contributed by atoms with E-state index in [-0.39, 0.29) is 44.6 Å². The van der Waals surface area contributed by atoms with Gasteiger partial charge in [0, 0.05) is 32.7 Å². The van der Waals surface area contributed by atoms with Gasteiger partial charge < -0.3 is 19.9 Å². The van der Waals surface area contributed by atoms with Gasteiger partial charge in [-0.25, -0.2) is 0 Å². The van der Waals surface area contributed by atoms with Crippen LogP contribution in [0.5, 0.6) is 0 Å². The third-order valence-electron chi connectivity index (χ3n) is 3.49. The zero-order valence-electron chi connectivity index (χ0n) is 13.6. The number of carbonyl (C=O) groups excluding carboxylic acids is 1. The summed E-state index contributed by atoms with van der Waals surface area (Å²) in [5, 5.41) is 8.81. The SMILES string of the molecule is Cc1noc(COCC(=O)NCC(N2CCNCC2)C(F)(F)F)n1.Cl. The predicted molar refractivity (Wildman–Crippen MR) is 83.2 cm³/mol. The van der Waals surface area contributed by atoms with Gasteiger partial charge in [0.2, 0.25) is 5.91 Å². The molecule has 1 aromatic heterocycles.